The lowest BCUT2D eigenvalue weighted by Crippen LogP contribution is -2.31. The number of amides is 1. The molecule has 1 aromatic heterocycles. The number of hydrogen-bond donors (Lipinski definition) is 2. The zero-order chi connectivity index (χ0) is 20.1. The normalized spacial score (nSPS) is 14.9. The highest BCUT2D eigenvalue weighted by atomic mass is 35.5. The van der Waals surface area contributed by atoms with Crippen molar-refractivity contribution in [2.45, 2.75) is 32.0 Å². The Kier molecular flexibility index (Phi) is 7.86. The minimum absolute atomic E-state index is 0. The third kappa shape index (κ3) is 5.60. The number of aromatic nitrogens is 3. The van der Waals surface area contributed by atoms with Crippen molar-refractivity contribution in [2.75, 3.05) is 26.2 Å². The van der Waals surface area contributed by atoms with Crippen LogP contribution in [0.25, 0.3) is 0 Å². The van der Waals surface area contributed by atoms with Crippen LogP contribution in [0.4, 0.5) is 13.2 Å². The fraction of sp³-hybridized carbons (Fsp3) is 0.500. The molecule has 0 spiro atoms. The molecule has 11 heteroatoms. The lowest BCUT2D eigenvalue weighted by molar-refractivity contribution is -0.138. The van der Waals surface area contributed by atoms with Gasteiger partial charge in [0.05, 0.1) is 23.8 Å². The summed E-state index contributed by atoms with van der Waals surface area (Å²) in [6, 6.07) is 5.17. The summed E-state index contributed by atoms with van der Waals surface area (Å²) in [5, 5.41) is 13.9. The van der Waals surface area contributed by atoms with Crippen LogP contribution in [0.15, 0.2) is 24.3 Å². The van der Waals surface area contributed by atoms with Gasteiger partial charge in [0, 0.05) is 0 Å². The summed E-state index contributed by atoms with van der Waals surface area (Å²) in [4.78, 5) is 12.3. The number of halogens is 4. The number of alkyl halides is 3. The lowest BCUT2D eigenvalue weighted by Gasteiger charge is -2.23. The van der Waals surface area contributed by atoms with Crippen molar-refractivity contribution in [1.82, 2.24) is 25.6 Å². The van der Waals surface area contributed by atoms with Crippen LogP contribution in [-0.2, 0) is 6.18 Å². The molecule has 0 atom stereocenters. The summed E-state index contributed by atoms with van der Waals surface area (Å²) >= 11 is 0. The fourth-order valence-corrected chi connectivity index (χ4v) is 3.18. The average molecular weight is 434 g/mol. The molecule has 1 aliphatic heterocycles. The predicted octanol–water partition coefficient (Wildman–Crippen LogP) is 2.76. The minimum Gasteiger partial charge on any atom is -0.491 e. The smallest absolute Gasteiger partial charge is 0.419 e. The topological polar surface area (TPSA) is 81.1 Å². The standard InChI is InChI=1S/C18H22F3N5O2.ClH/c1-12-16(24-25-26(12)13-6-8-22-9-7-13)17(27)23-10-11-28-15-5-3-2-4-14(15)18(19,20)21;/h2-5,13,22H,6-11H2,1H3,(H,23,27);1H. The highest BCUT2D eigenvalue weighted by molar-refractivity contribution is 5.93. The number of para-hydroxylation sites is 1. The first-order valence-electron chi connectivity index (χ1n) is 9.07. The first kappa shape index (κ1) is 23.0. The molecule has 2 aromatic rings. The largest absolute Gasteiger partial charge is 0.491 e. The molecule has 0 unspecified atom stereocenters. The molecule has 0 radical (unpaired) electrons. The molecule has 1 aliphatic rings. The van der Waals surface area contributed by atoms with E-state index in [0.717, 1.165) is 32.0 Å². The average Bonchev–Trinajstić information content (AvgIpc) is 3.07. The van der Waals surface area contributed by atoms with E-state index in [1.807, 2.05) is 0 Å². The second kappa shape index (κ2) is 9.93. The highest BCUT2D eigenvalue weighted by Gasteiger charge is 2.34. The van der Waals surface area contributed by atoms with E-state index >= 15 is 0 Å². The van der Waals surface area contributed by atoms with Gasteiger partial charge in [-0.15, -0.1) is 17.5 Å². The maximum Gasteiger partial charge on any atom is 0.419 e. The van der Waals surface area contributed by atoms with E-state index < -0.39 is 17.6 Å². The molecule has 160 valence electrons. The van der Waals surface area contributed by atoms with E-state index in [4.69, 9.17) is 4.74 Å². The van der Waals surface area contributed by atoms with Gasteiger partial charge < -0.3 is 15.4 Å². The number of piperidine rings is 1. The van der Waals surface area contributed by atoms with Gasteiger partial charge in [0.2, 0.25) is 0 Å². The first-order chi connectivity index (χ1) is 13.4. The Morgan fingerprint density at radius 3 is 2.69 bits per heavy atom. The number of nitrogens with zero attached hydrogens (tertiary/aromatic N) is 3. The summed E-state index contributed by atoms with van der Waals surface area (Å²) in [6.07, 6.45) is -2.67. The summed E-state index contributed by atoms with van der Waals surface area (Å²) in [5.41, 5.74) is 0.0454. The summed E-state index contributed by atoms with van der Waals surface area (Å²) in [7, 11) is 0. The summed E-state index contributed by atoms with van der Waals surface area (Å²) < 4.78 is 45.8. The lowest BCUT2D eigenvalue weighted by atomic mass is 10.1. The van der Waals surface area contributed by atoms with Crippen LogP contribution in [0.2, 0.25) is 0 Å². The van der Waals surface area contributed by atoms with E-state index in [-0.39, 0.29) is 43.0 Å². The second-order valence-electron chi connectivity index (χ2n) is 6.55. The van der Waals surface area contributed by atoms with Crippen molar-refractivity contribution in [3.05, 3.63) is 41.2 Å². The molecule has 0 bridgehead atoms. The van der Waals surface area contributed by atoms with Gasteiger partial charge in [-0.3, -0.25) is 4.79 Å². The number of ether oxygens (including phenoxy) is 1. The molecule has 7 nitrogen and oxygen atoms in total. The Morgan fingerprint density at radius 1 is 1.31 bits per heavy atom. The predicted molar refractivity (Wildman–Crippen MR) is 102 cm³/mol. The molecule has 29 heavy (non-hydrogen) atoms. The van der Waals surface area contributed by atoms with Crippen molar-refractivity contribution < 1.29 is 22.7 Å². The Morgan fingerprint density at radius 2 is 2.00 bits per heavy atom. The molecule has 0 aliphatic carbocycles. The van der Waals surface area contributed by atoms with Crippen LogP contribution < -0.4 is 15.4 Å². The Hall–Kier alpha value is -2.33. The molecular weight excluding hydrogens is 411 g/mol. The Bertz CT molecular complexity index is 822. The zero-order valence-corrected chi connectivity index (χ0v) is 16.6. The van der Waals surface area contributed by atoms with Gasteiger partial charge in [-0.2, -0.15) is 13.2 Å². The monoisotopic (exact) mass is 433 g/mol. The summed E-state index contributed by atoms with van der Waals surface area (Å²) in [6.45, 7) is 3.52. The fourth-order valence-electron chi connectivity index (χ4n) is 3.18. The van der Waals surface area contributed by atoms with Gasteiger partial charge in [0.1, 0.15) is 12.4 Å². The molecule has 0 saturated carbocycles. The SMILES string of the molecule is Cc1c(C(=O)NCCOc2ccccc2C(F)(F)F)nnn1C1CCNCC1.Cl. The van der Waals surface area contributed by atoms with Crippen LogP contribution in [0, 0.1) is 6.92 Å². The van der Waals surface area contributed by atoms with Crippen LogP contribution in [0.3, 0.4) is 0 Å². The van der Waals surface area contributed by atoms with Gasteiger partial charge in [-0.05, 0) is 45.0 Å². The van der Waals surface area contributed by atoms with Crippen LogP contribution in [-0.4, -0.2) is 47.1 Å². The van der Waals surface area contributed by atoms with E-state index in [9.17, 15) is 18.0 Å². The van der Waals surface area contributed by atoms with Crippen molar-refractivity contribution in [3.63, 3.8) is 0 Å². The number of benzene rings is 1. The van der Waals surface area contributed by atoms with Gasteiger partial charge in [-0.25, -0.2) is 4.68 Å². The van der Waals surface area contributed by atoms with Crippen LogP contribution in [0.1, 0.15) is 40.6 Å². The van der Waals surface area contributed by atoms with Gasteiger partial charge in [0.15, 0.2) is 5.69 Å². The third-order valence-electron chi connectivity index (χ3n) is 4.63. The molecule has 1 aromatic carbocycles. The molecule has 1 fully saturated rings. The Labute approximate surface area is 172 Å². The van der Waals surface area contributed by atoms with Crippen LogP contribution >= 0.6 is 12.4 Å². The van der Waals surface area contributed by atoms with E-state index in [1.54, 1.807) is 11.6 Å². The van der Waals surface area contributed by atoms with E-state index in [2.05, 4.69) is 20.9 Å². The number of rotatable bonds is 6. The van der Waals surface area contributed by atoms with E-state index in [1.165, 1.54) is 18.2 Å². The zero-order valence-electron chi connectivity index (χ0n) is 15.8. The van der Waals surface area contributed by atoms with E-state index in [0.29, 0.717) is 5.69 Å². The number of hydrogen-bond acceptors (Lipinski definition) is 5. The molecule has 1 amide bonds. The Balaban J connectivity index is 0.00000300. The maximum atomic E-state index is 12.9. The first-order valence-corrected chi connectivity index (χ1v) is 9.07. The minimum atomic E-state index is -4.50. The molecule has 3 rings (SSSR count). The van der Waals surface area contributed by atoms with Crippen LogP contribution in [0.5, 0.6) is 5.75 Å². The van der Waals surface area contributed by atoms with Crippen molar-refractivity contribution in [1.29, 1.82) is 0 Å². The van der Waals surface area contributed by atoms with Crippen molar-refractivity contribution in [3.8, 4) is 5.75 Å². The van der Waals surface area contributed by atoms with Gasteiger partial charge in [-0.1, -0.05) is 17.3 Å². The highest BCUT2D eigenvalue weighted by Crippen LogP contribution is 2.35. The van der Waals surface area contributed by atoms with Crippen molar-refractivity contribution >= 4 is 18.3 Å². The number of carbonyl (C=O) groups excluding carboxylic acids is 1. The number of nitrogens with one attached hydrogen (secondary N) is 2. The molecule has 2 N–H and O–H groups in total. The molecule has 2 heterocycles. The van der Waals surface area contributed by atoms with Crippen molar-refractivity contribution in [2.24, 2.45) is 0 Å². The second-order valence-corrected chi connectivity index (χ2v) is 6.55. The molecule has 1 saturated heterocycles. The van der Waals surface area contributed by atoms with Gasteiger partial charge >= 0.3 is 6.18 Å². The molecular formula is C18H23ClF3N5O2. The summed E-state index contributed by atoms with van der Waals surface area (Å²) in [5.74, 6) is -0.692. The third-order valence-corrected chi connectivity index (χ3v) is 4.63. The number of carbonyl (C=O) groups is 1. The van der Waals surface area contributed by atoms with Gasteiger partial charge in [0.25, 0.3) is 5.91 Å². The quantitative estimate of drug-likeness (QED) is 0.685. The maximum absolute atomic E-state index is 12.9.